The molecule has 0 aliphatic carbocycles. The number of halogens is 1. The molecule has 11 heteroatoms. The maximum atomic E-state index is 12.5. The molecule has 0 saturated carbocycles. The quantitative estimate of drug-likeness (QED) is 0.334. The summed E-state index contributed by atoms with van der Waals surface area (Å²) in [4.78, 5) is 37.7. The highest BCUT2D eigenvalue weighted by molar-refractivity contribution is 6.32. The maximum absolute atomic E-state index is 12.5. The first-order valence-corrected chi connectivity index (χ1v) is 8.49. The van der Waals surface area contributed by atoms with Gasteiger partial charge in [-0.25, -0.2) is 4.98 Å². The van der Waals surface area contributed by atoms with Crippen LogP contribution in [-0.2, 0) is 7.05 Å². The normalized spacial score (nSPS) is 10.6. The molecule has 1 aromatic heterocycles. The zero-order chi connectivity index (χ0) is 21.3. The highest BCUT2D eigenvalue weighted by Crippen LogP contribution is 2.38. The fourth-order valence-corrected chi connectivity index (χ4v) is 2.90. The van der Waals surface area contributed by atoms with Gasteiger partial charge in [0.2, 0.25) is 11.5 Å². The lowest BCUT2D eigenvalue weighted by molar-refractivity contribution is -0.386. The lowest BCUT2D eigenvalue weighted by Gasteiger charge is -2.10. The number of nitro groups is 2. The molecular formula is C18H13ClN4O6. The second kappa shape index (κ2) is 7.68. The summed E-state index contributed by atoms with van der Waals surface area (Å²) in [6.07, 6.45) is 3.02. The molecule has 3 rings (SSSR count). The summed E-state index contributed by atoms with van der Waals surface area (Å²) >= 11 is 5.85. The predicted molar refractivity (Wildman–Crippen MR) is 103 cm³/mol. The fraction of sp³-hybridized carbons (Fsp3) is 0.111. The van der Waals surface area contributed by atoms with Crippen LogP contribution >= 0.6 is 11.6 Å². The number of hydrogen-bond acceptors (Lipinski definition) is 7. The summed E-state index contributed by atoms with van der Waals surface area (Å²) in [6, 6.07) is 6.12. The number of aryl methyl sites for hydroxylation is 2. The van der Waals surface area contributed by atoms with Crippen molar-refractivity contribution in [1.29, 1.82) is 0 Å². The van der Waals surface area contributed by atoms with E-state index in [9.17, 15) is 25.0 Å². The Morgan fingerprint density at radius 3 is 2.38 bits per heavy atom. The van der Waals surface area contributed by atoms with Crippen LogP contribution in [0.3, 0.4) is 0 Å². The zero-order valence-electron chi connectivity index (χ0n) is 15.2. The number of imidazole rings is 1. The van der Waals surface area contributed by atoms with E-state index in [1.54, 1.807) is 20.2 Å². The molecule has 29 heavy (non-hydrogen) atoms. The fourth-order valence-electron chi connectivity index (χ4n) is 2.61. The molecule has 0 saturated heterocycles. The Labute approximate surface area is 168 Å². The lowest BCUT2D eigenvalue weighted by atomic mass is 10.1. The molecule has 0 radical (unpaired) electrons. The highest BCUT2D eigenvalue weighted by atomic mass is 35.5. The summed E-state index contributed by atoms with van der Waals surface area (Å²) in [5.74, 6) is -0.513. The number of nitro benzene ring substituents is 2. The van der Waals surface area contributed by atoms with Crippen molar-refractivity contribution < 1.29 is 19.4 Å². The van der Waals surface area contributed by atoms with Gasteiger partial charge in [0, 0.05) is 31.1 Å². The Bertz CT molecular complexity index is 1160. The van der Waals surface area contributed by atoms with Crippen molar-refractivity contribution >= 4 is 28.8 Å². The van der Waals surface area contributed by atoms with Crippen molar-refractivity contribution in [3.05, 3.63) is 84.9 Å². The Morgan fingerprint density at radius 1 is 1.10 bits per heavy atom. The van der Waals surface area contributed by atoms with E-state index < -0.39 is 27.0 Å². The van der Waals surface area contributed by atoms with Crippen molar-refractivity contribution in [2.24, 2.45) is 7.05 Å². The van der Waals surface area contributed by atoms with Crippen molar-refractivity contribution in [3.8, 4) is 11.5 Å². The van der Waals surface area contributed by atoms with Gasteiger partial charge in [0.25, 0.3) is 5.69 Å². The van der Waals surface area contributed by atoms with E-state index >= 15 is 0 Å². The molecule has 0 fully saturated rings. The van der Waals surface area contributed by atoms with Crippen molar-refractivity contribution in [2.45, 2.75) is 6.92 Å². The topological polar surface area (TPSA) is 130 Å². The second-order valence-corrected chi connectivity index (χ2v) is 6.47. The van der Waals surface area contributed by atoms with Crippen LogP contribution in [0.5, 0.6) is 11.5 Å². The Hall–Kier alpha value is -3.79. The van der Waals surface area contributed by atoms with E-state index in [1.165, 1.54) is 29.0 Å². The van der Waals surface area contributed by atoms with E-state index in [1.807, 2.05) is 0 Å². The molecule has 148 valence electrons. The molecule has 10 nitrogen and oxygen atoms in total. The summed E-state index contributed by atoms with van der Waals surface area (Å²) in [5.41, 5.74) is -0.362. The SMILES string of the molecule is Cc1cc(Cl)c([N+](=O)[O-])cc1Oc1ccc(C(=O)c2nccn2C)cc1[N+](=O)[O-]. The molecule has 3 aromatic rings. The van der Waals surface area contributed by atoms with Gasteiger partial charge in [0.05, 0.1) is 15.9 Å². The van der Waals surface area contributed by atoms with Gasteiger partial charge in [0.15, 0.2) is 5.82 Å². The van der Waals surface area contributed by atoms with Crippen molar-refractivity contribution in [2.75, 3.05) is 0 Å². The van der Waals surface area contributed by atoms with Crippen LogP contribution in [0.15, 0.2) is 42.7 Å². The number of carbonyl (C=O) groups excluding carboxylic acids is 1. The lowest BCUT2D eigenvalue weighted by Crippen LogP contribution is -2.09. The molecule has 0 aliphatic heterocycles. The monoisotopic (exact) mass is 416 g/mol. The minimum atomic E-state index is -0.704. The van der Waals surface area contributed by atoms with Gasteiger partial charge in [-0.2, -0.15) is 0 Å². The number of ether oxygens (including phenoxy) is 1. The first kappa shape index (κ1) is 20.0. The number of carbonyl (C=O) groups is 1. The zero-order valence-corrected chi connectivity index (χ0v) is 15.9. The highest BCUT2D eigenvalue weighted by Gasteiger charge is 2.23. The van der Waals surface area contributed by atoms with E-state index in [2.05, 4.69) is 4.98 Å². The number of benzene rings is 2. The van der Waals surface area contributed by atoms with E-state index in [-0.39, 0.29) is 27.9 Å². The van der Waals surface area contributed by atoms with Gasteiger partial charge < -0.3 is 9.30 Å². The largest absolute Gasteiger partial charge is 0.450 e. The summed E-state index contributed by atoms with van der Waals surface area (Å²) < 4.78 is 7.05. The van der Waals surface area contributed by atoms with Crippen LogP contribution in [0.25, 0.3) is 0 Å². The first-order valence-electron chi connectivity index (χ1n) is 8.12. The molecule has 0 spiro atoms. The van der Waals surface area contributed by atoms with Crippen LogP contribution in [-0.4, -0.2) is 25.2 Å². The minimum Gasteiger partial charge on any atom is -0.450 e. The van der Waals surface area contributed by atoms with Gasteiger partial charge in [-0.15, -0.1) is 0 Å². The van der Waals surface area contributed by atoms with E-state index in [4.69, 9.17) is 16.3 Å². The second-order valence-electron chi connectivity index (χ2n) is 6.06. The maximum Gasteiger partial charge on any atom is 0.312 e. The van der Waals surface area contributed by atoms with E-state index in [0.29, 0.717) is 5.56 Å². The van der Waals surface area contributed by atoms with Crippen LogP contribution in [0.2, 0.25) is 5.02 Å². The van der Waals surface area contributed by atoms with Gasteiger partial charge in [0.1, 0.15) is 10.8 Å². The average molecular weight is 417 g/mol. The number of rotatable bonds is 6. The number of aromatic nitrogens is 2. The van der Waals surface area contributed by atoms with Crippen LogP contribution in [0.1, 0.15) is 21.7 Å². The van der Waals surface area contributed by atoms with Gasteiger partial charge in [-0.05, 0) is 30.7 Å². The van der Waals surface area contributed by atoms with Crippen LogP contribution in [0.4, 0.5) is 11.4 Å². The van der Waals surface area contributed by atoms with Crippen molar-refractivity contribution in [3.63, 3.8) is 0 Å². The average Bonchev–Trinajstić information content (AvgIpc) is 3.09. The molecule has 0 aliphatic rings. The standard InChI is InChI=1S/C18H13ClN4O6/c1-10-7-12(19)13(22(25)26)9-16(10)29-15-4-3-11(8-14(15)23(27)28)17(24)18-20-5-6-21(18)2/h3-9H,1-2H3. The molecule has 0 bridgehead atoms. The smallest absolute Gasteiger partial charge is 0.312 e. The third-order valence-corrected chi connectivity index (χ3v) is 4.41. The summed E-state index contributed by atoms with van der Waals surface area (Å²) in [5, 5.41) is 22.5. The molecule has 2 aromatic carbocycles. The Morgan fingerprint density at radius 2 is 1.79 bits per heavy atom. The molecule has 0 N–H and O–H groups in total. The molecule has 0 unspecified atom stereocenters. The summed E-state index contributed by atoms with van der Waals surface area (Å²) in [7, 11) is 1.63. The minimum absolute atomic E-state index is 0.0346. The van der Waals surface area contributed by atoms with Crippen LogP contribution in [0, 0.1) is 27.2 Å². The molecule has 1 heterocycles. The Balaban J connectivity index is 2.02. The summed E-state index contributed by atoms with van der Waals surface area (Å²) in [6.45, 7) is 1.59. The predicted octanol–water partition coefficient (Wildman–Crippen LogP) is 4.22. The first-order chi connectivity index (χ1) is 13.7. The van der Waals surface area contributed by atoms with Gasteiger partial charge >= 0.3 is 5.69 Å². The van der Waals surface area contributed by atoms with E-state index in [0.717, 1.165) is 12.1 Å². The van der Waals surface area contributed by atoms with Gasteiger partial charge in [-0.3, -0.25) is 25.0 Å². The molecular weight excluding hydrogens is 404 g/mol. The number of hydrogen-bond donors (Lipinski definition) is 0. The van der Waals surface area contributed by atoms with Crippen LogP contribution < -0.4 is 4.74 Å². The Kier molecular flexibility index (Phi) is 5.29. The van der Waals surface area contributed by atoms with Gasteiger partial charge in [-0.1, -0.05) is 11.6 Å². The number of nitrogens with zero attached hydrogens (tertiary/aromatic N) is 4. The molecule has 0 atom stereocenters. The third kappa shape index (κ3) is 3.92. The van der Waals surface area contributed by atoms with Crippen molar-refractivity contribution in [1.82, 2.24) is 9.55 Å². The third-order valence-electron chi connectivity index (χ3n) is 4.10. The number of ketones is 1. The molecule has 0 amide bonds.